The van der Waals surface area contributed by atoms with Crippen LogP contribution < -0.4 is 4.74 Å². The molecule has 2 unspecified atom stereocenters. The number of sulfonamides is 1. The minimum absolute atomic E-state index is 0.139. The number of fused-ring (bicyclic) bond motifs is 2. The Morgan fingerprint density at radius 1 is 0.955 bits per heavy atom. The molecule has 4 heterocycles. The molecule has 19 heteroatoms. The number of likely N-dealkylation sites (tertiary alicyclic amines) is 1. The van der Waals surface area contributed by atoms with Crippen LogP contribution in [0.1, 0.15) is 16.1 Å². The number of rotatable bonds is 4. The van der Waals surface area contributed by atoms with E-state index in [1.54, 1.807) is 34.0 Å². The number of hydrogen-bond acceptors (Lipinski definition) is 9. The first-order valence-electron chi connectivity index (χ1n) is 12.3. The quantitative estimate of drug-likeness (QED) is 0.391. The Kier molecular flexibility index (Phi) is 10.9. The fraction of sp³-hybridized carbons (Fsp3) is 0.360. The summed E-state index contributed by atoms with van der Waals surface area (Å²) in [5, 5.41) is 14.2. The van der Waals surface area contributed by atoms with Gasteiger partial charge in [0.1, 0.15) is 11.0 Å². The average Bonchev–Trinajstić information content (AvgIpc) is 3.50. The van der Waals surface area contributed by atoms with Crippen LogP contribution in [0.3, 0.4) is 0 Å². The fourth-order valence-electron chi connectivity index (χ4n) is 4.11. The summed E-state index contributed by atoms with van der Waals surface area (Å²) in [5.41, 5.74) is 3.82. The SMILES string of the molecule is Cc1ncsc1CN1CC2Oc3ncccc3S(=O)(=O)N(Cc3ccccc3)C2C1.O=C(O)C(F)(F)F.O=C(O)C(F)(F)F. The Labute approximate surface area is 250 Å². The minimum atomic E-state index is -5.08. The van der Waals surface area contributed by atoms with Crippen molar-refractivity contribution in [3.8, 4) is 5.88 Å². The largest absolute Gasteiger partial charge is 0.490 e. The van der Waals surface area contributed by atoms with E-state index in [-0.39, 0.29) is 22.9 Å². The molecule has 2 aliphatic rings. The van der Waals surface area contributed by atoms with Crippen molar-refractivity contribution >= 4 is 33.3 Å². The lowest BCUT2D eigenvalue weighted by molar-refractivity contribution is -0.193. The number of hydrogen-bond donors (Lipinski definition) is 2. The number of halogens is 6. The van der Waals surface area contributed by atoms with Crippen LogP contribution in [0.5, 0.6) is 5.88 Å². The number of nitrogens with zero attached hydrogens (tertiary/aromatic N) is 4. The number of alkyl halides is 6. The highest BCUT2D eigenvalue weighted by molar-refractivity contribution is 7.89. The molecule has 0 bridgehead atoms. The standard InChI is InChI=1S/C21H22N4O3S2.2C2HF3O2/c1-15-19(29-14-23-15)13-24-11-17-18(12-24)28-21-20(8-5-9-22-21)30(26,27)25(17)10-16-6-3-2-4-7-16;2*3-2(4,5)1(6)7/h2-9,14,17-18H,10-13H2,1H3;2*(H,6,7). The van der Waals surface area contributed by atoms with Gasteiger partial charge in [-0.25, -0.2) is 28.0 Å². The number of ether oxygens (including phenoxy) is 1. The molecule has 0 spiro atoms. The zero-order valence-corrected chi connectivity index (χ0v) is 24.1. The second-order valence-electron chi connectivity index (χ2n) is 9.23. The van der Waals surface area contributed by atoms with Gasteiger partial charge in [-0.05, 0) is 24.6 Å². The van der Waals surface area contributed by atoms with E-state index in [0.717, 1.165) is 17.8 Å². The van der Waals surface area contributed by atoms with Crippen LogP contribution in [0.15, 0.2) is 59.1 Å². The van der Waals surface area contributed by atoms with Crippen LogP contribution in [0, 0.1) is 6.92 Å². The van der Waals surface area contributed by atoms with Crippen molar-refractivity contribution in [2.24, 2.45) is 0 Å². The first kappa shape index (κ1) is 34.7. The highest BCUT2D eigenvalue weighted by Gasteiger charge is 2.47. The number of aromatic nitrogens is 2. The zero-order chi connectivity index (χ0) is 32.9. The highest BCUT2D eigenvalue weighted by atomic mass is 32.2. The van der Waals surface area contributed by atoms with Crippen molar-refractivity contribution in [2.75, 3.05) is 13.1 Å². The van der Waals surface area contributed by atoms with Crippen LogP contribution in [0.4, 0.5) is 26.3 Å². The summed E-state index contributed by atoms with van der Waals surface area (Å²) in [6.45, 7) is 4.28. The van der Waals surface area contributed by atoms with Gasteiger partial charge in [-0.2, -0.15) is 30.6 Å². The molecule has 1 aromatic carbocycles. The van der Waals surface area contributed by atoms with E-state index in [2.05, 4.69) is 14.9 Å². The van der Waals surface area contributed by atoms with Crippen LogP contribution >= 0.6 is 11.3 Å². The third kappa shape index (κ3) is 8.87. The van der Waals surface area contributed by atoms with Gasteiger partial charge in [-0.15, -0.1) is 11.3 Å². The number of benzene rings is 1. The van der Waals surface area contributed by atoms with Crippen molar-refractivity contribution in [1.29, 1.82) is 0 Å². The van der Waals surface area contributed by atoms with Crippen molar-refractivity contribution in [3.05, 3.63) is 70.3 Å². The molecule has 240 valence electrons. The average molecular weight is 671 g/mol. The molecule has 0 radical (unpaired) electrons. The molecular weight excluding hydrogens is 646 g/mol. The van der Waals surface area contributed by atoms with Crippen molar-refractivity contribution in [1.82, 2.24) is 19.2 Å². The Morgan fingerprint density at radius 3 is 2.07 bits per heavy atom. The fourth-order valence-corrected chi connectivity index (χ4v) is 6.63. The third-order valence-electron chi connectivity index (χ3n) is 6.15. The predicted octanol–water partition coefficient (Wildman–Crippen LogP) is 3.95. The van der Waals surface area contributed by atoms with Crippen LogP contribution in [0.25, 0.3) is 0 Å². The maximum Gasteiger partial charge on any atom is 0.490 e. The lowest BCUT2D eigenvalue weighted by Crippen LogP contribution is -2.46. The van der Waals surface area contributed by atoms with E-state index >= 15 is 0 Å². The van der Waals surface area contributed by atoms with Crippen molar-refractivity contribution in [2.45, 2.75) is 49.4 Å². The summed E-state index contributed by atoms with van der Waals surface area (Å²) in [4.78, 5) is 29.9. The third-order valence-corrected chi connectivity index (χ3v) is 8.95. The number of aliphatic carboxylic acids is 2. The Bertz CT molecular complexity index is 1530. The molecule has 1 fully saturated rings. The number of carboxylic acid groups (broad SMARTS) is 2. The summed E-state index contributed by atoms with van der Waals surface area (Å²) in [6, 6.07) is 12.6. The number of carboxylic acids is 2. The predicted molar refractivity (Wildman–Crippen MR) is 141 cm³/mol. The van der Waals surface area contributed by atoms with Gasteiger partial charge in [0.25, 0.3) is 0 Å². The summed E-state index contributed by atoms with van der Waals surface area (Å²) in [6.07, 6.45) is -8.88. The molecule has 2 atom stereocenters. The normalized spacial score (nSPS) is 19.5. The Balaban J connectivity index is 0.000000317. The number of pyridine rings is 1. The van der Waals surface area contributed by atoms with Gasteiger partial charge in [-0.3, -0.25) is 4.90 Å². The Morgan fingerprint density at radius 2 is 1.55 bits per heavy atom. The van der Waals surface area contributed by atoms with Gasteiger partial charge in [-0.1, -0.05) is 30.3 Å². The second kappa shape index (κ2) is 13.9. The lowest BCUT2D eigenvalue weighted by atomic mass is 10.1. The van der Waals surface area contributed by atoms with Gasteiger partial charge in [0, 0.05) is 37.3 Å². The molecule has 44 heavy (non-hydrogen) atoms. The van der Waals surface area contributed by atoms with Crippen LogP contribution in [0.2, 0.25) is 0 Å². The maximum atomic E-state index is 13.6. The molecule has 0 amide bonds. The minimum Gasteiger partial charge on any atom is -0.475 e. The summed E-state index contributed by atoms with van der Waals surface area (Å²) >= 11 is 1.63. The molecule has 0 aliphatic carbocycles. The van der Waals surface area contributed by atoms with E-state index in [1.165, 1.54) is 4.88 Å². The molecule has 0 saturated carbocycles. The Hall–Kier alpha value is -3.81. The molecular formula is C25H24F6N4O7S2. The summed E-state index contributed by atoms with van der Waals surface area (Å²) in [7, 11) is -3.76. The first-order chi connectivity index (χ1) is 20.4. The summed E-state index contributed by atoms with van der Waals surface area (Å²) in [5.74, 6) is -5.32. The first-order valence-corrected chi connectivity index (χ1v) is 14.6. The maximum absolute atomic E-state index is 13.6. The van der Waals surface area contributed by atoms with Gasteiger partial charge in [0.05, 0.1) is 17.2 Å². The molecule has 1 saturated heterocycles. The van der Waals surface area contributed by atoms with Crippen LogP contribution in [-0.4, -0.2) is 87.3 Å². The van der Waals surface area contributed by atoms with E-state index < -0.39 is 34.3 Å². The monoisotopic (exact) mass is 670 g/mol. The van der Waals surface area contributed by atoms with Crippen molar-refractivity contribution < 1.29 is 59.3 Å². The molecule has 2 aromatic heterocycles. The van der Waals surface area contributed by atoms with E-state index in [1.807, 2.05) is 42.8 Å². The lowest BCUT2D eigenvalue weighted by Gasteiger charge is -2.28. The van der Waals surface area contributed by atoms with E-state index in [0.29, 0.717) is 19.6 Å². The van der Waals surface area contributed by atoms with E-state index in [9.17, 15) is 34.8 Å². The van der Waals surface area contributed by atoms with Crippen molar-refractivity contribution in [3.63, 3.8) is 0 Å². The number of carbonyl (C=O) groups is 2. The molecule has 11 nitrogen and oxygen atoms in total. The molecule has 5 rings (SSSR count). The molecule has 2 N–H and O–H groups in total. The number of thiazole rings is 1. The van der Waals surface area contributed by atoms with Gasteiger partial charge >= 0.3 is 24.3 Å². The smallest absolute Gasteiger partial charge is 0.475 e. The number of aryl methyl sites for hydroxylation is 1. The van der Waals surface area contributed by atoms with Gasteiger partial charge in [0.2, 0.25) is 15.9 Å². The van der Waals surface area contributed by atoms with E-state index in [4.69, 9.17) is 24.5 Å². The zero-order valence-electron chi connectivity index (χ0n) is 22.5. The highest BCUT2D eigenvalue weighted by Crippen LogP contribution is 2.36. The van der Waals surface area contributed by atoms with Crippen LogP contribution in [-0.2, 0) is 32.7 Å². The second-order valence-corrected chi connectivity index (χ2v) is 12.0. The van der Waals surface area contributed by atoms with Gasteiger partial charge < -0.3 is 14.9 Å². The molecule has 3 aromatic rings. The van der Waals surface area contributed by atoms with Gasteiger partial charge in [0.15, 0.2) is 0 Å². The topological polar surface area (TPSA) is 150 Å². The summed E-state index contributed by atoms with van der Waals surface area (Å²) < 4.78 is 98.5. The molecule has 2 aliphatic heterocycles.